The van der Waals surface area contributed by atoms with Gasteiger partial charge in [-0.3, -0.25) is 0 Å². The average molecular weight is 253 g/mol. The van der Waals surface area contributed by atoms with Crippen LogP contribution in [0.25, 0.3) is 0 Å². The molecule has 0 aliphatic carbocycles. The lowest BCUT2D eigenvalue weighted by atomic mass is 10.3. The van der Waals surface area contributed by atoms with Crippen LogP contribution in [-0.2, 0) is 4.74 Å². The molecule has 102 valence electrons. The maximum absolute atomic E-state index is 5.74. The molecule has 1 atom stereocenters. The zero-order valence-corrected chi connectivity index (χ0v) is 11.2. The first-order valence-corrected chi connectivity index (χ1v) is 6.36. The van der Waals surface area contributed by atoms with Crippen molar-refractivity contribution in [2.24, 2.45) is 5.73 Å². The summed E-state index contributed by atoms with van der Waals surface area (Å²) in [5.41, 5.74) is 5.74. The Morgan fingerprint density at radius 1 is 1.22 bits per heavy atom. The summed E-state index contributed by atoms with van der Waals surface area (Å²) in [4.78, 5) is 0. The molecule has 0 heterocycles. The Labute approximate surface area is 109 Å². The second-order valence-corrected chi connectivity index (χ2v) is 4.12. The Kier molecular flexibility index (Phi) is 7.22. The van der Waals surface area contributed by atoms with Crippen molar-refractivity contribution in [2.75, 3.05) is 26.9 Å². The molecule has 0 aliphatic rings. The van der Waals surface area contributed by atoms with E-state index in [1.807, 2.05) is 24.3 Å². The van der Waals surface area contributed by atoms with Gasteiger partial charge in [0.25, 0.3) is 0 Å². The number of hydrogen-bond donors (Lipinski definition) is 1. The molecule has 1 rings (SSSR count). The molecule has 0 aliphatic heterocycles. The van der Waals surface area contributed by atoms with Crippen LogP contribution in [0, 0.1) is 0 Å². The van der Waals surface area contributed by atoms with E-state index >= 15 is 0 Å². The molecule has 1 aromatic rings. The second-order valence-electron chi connectivity index (χ2n) is 4.12. The summed E-state index contributed by atoms with van der Waals surface area (Å²) in [5, 5.41) is 0. The summed E-state index contributed by atoms with van der Waals surface area (Å²) in [6.45, 7) is 3.99. The molecule has 0 amide bonds. The maximum atomic E-state index is 5.74. The molecule has 4 heteroatoms. The molecule has 2 N–H and O–H groups in total. The number of ether oxygens (including phenoxy) is 3. The third-order valence-corrected chi connectivity index (χ3v) is 2.60. The van der Waals surface area contributed by atoms with E-state index < -0.39 is 0 Å². The van der Waals surface area contributed by atoms with E-state index in [-0.39, 0.29) is 6.04 Å². The summed E-state index contributed by atoms with van der Waals surface area (Å²) in [6.07, 6.45) is 1.80. The van der Waals surface area contributed by atoms with E-state index in [0.29, 0.717) is 19.8 Å². The van der Waals surface area contributed by atoms with Crippen LogP contribution >= 0.6 is 0 Å². The molecule has 1 aromatic carbocycles. The van der Waals surface area contributed by atoms with Crippen molar-refractivity contribution in [1.29, 1.82) is 0 Å². The Balaban J connectivity index is 2.10. The predicted octanol–water partition coefficient (Wildman–Crippen LogP) is 2.22. The minimum absolute atomic E-state index is 0.143. The van der Waals surface area contributed by atoms with E-state index in [1.54, 1.807) is 7.11 Å². The highest BCUT2D eigenvalue weighted by Crippen LogP contribution is 2.18. The fourth-order valence-corrected chi connectivity index (χ4v) is 1.39. The third-order valence-electron chi connectivity index (χ3n) is 2.60. The summed E-state index contributed by atoms with van der Waals surface area (Å²) >= 11 is 0. The summed E-state index contributed by atoms with van der Waals surface area (Å²) in [7, 11) is 1.64. The first kappa shape index (κ1) is 14.8. The quantitative estimate of drug-likeness (QED) is 0.686. The van der Waals surface area contributed by atoms with E-state index in [2.05, 4.69) is 6.92 Å². The molecule has 0 aromatic heterocycles. The largest absolute Gasteiger partial charge is 0.497 e. The molecule has 0 fully saturated rings. The topological polar surface area (TPSA) is 53.7 Å². The molecular weight excluding hydrogens is 230 g/mol. The highest BCUT2D eigenvalue weighted by atomic mass is 16.5. The number of methoxy groups -OCH3 is 1. The minimum atomic E-state index is 0.143. The van der Waals surface area contributed by atoms with Crippen molar-refractivity contribution in [3.8, 4) is 11.5 Å². The van der Waals surface area contributed by atoms with Crippen molar-refractivity contribution in [3.63, 3.8) is 0 Å². The lowest BCUT2D eigenvalue weighted by molar-refractivity contribution is 0.107. The van der Waals surface area contributed by atoms with E-state index in [0.717, 1.165) is 24.3 Å². The van der Waals surface area contributed by atoms with Crippen LogP contribution in [0.1, 0.15) is 19.8 Å². The van der Waals surface area contributed by atoms with Gasteiger partial charge in [-0.25, -0.2) is 0 Å². The lowest BCUT2D eigenvalue weighted by Crippen LogP contribution is -2.25. The van der Waals surface area contributed by atoms with Gasteiger partial charge in [0, 0.05) is 25.1 Å². The Bertz CT molecular complexity index is 331. The van der Waals surface area contributed by atoms with Crippen LogP contribution in [0.5, 0.6) is 11.5 Å². The molecular formula is C14H23NO3. The third kappa shape index (κ3) is 5.89. The molecule has 0 spiro atoms. The Morgan fingerprint density at radius 2 is 2.00 bits per heavy atom. The number of nitrogens with two attached hydrogens (primary N) is 1. The van der Waals surface area contributed by atoms with Crippen LogP contribution in [0.3, 0.4) is 0 Å². The van der Waals surface area contributed by atoms with E-state index in [9.17, 15) is 0 Å². The first-order valence-electron chi connectivity index (χ1n) is 6.36. The smallest absolute Gasteiger partial charge is 0.122 e. The van der Waals surface area contributed by atoms with Crippen molar-refractivity contribution in [2.45, 2.75) is 25.8 Å². The van der Waals surface area contributed by atoms with Gasteiger partial charge in [-0.1, -0.05) is 13.0 Å². The summed E-state index contributed by atoms with van der Waals surface area (Å²) in [6, 6.07) is 7.72. The van der Waals surface area contributed by atoms with Gasteiger partial charge in [-0.15, -0.1) is 0 Å². The van der Waals surface area contributed by atoms with Gasteiger partial charge in [-0.05, 0) is 18.6 Å². The molecule has 0 radical (unpaired) electrons. The number of hydrogen-bond acceptors (Lipinski definition) is 4. The number of rotatable bonds is 9. The molecule has 0 bridgehead atoms. The van der Waals surface area contributed by atoms with Gasteiger partial charge in [0.15, 0.2) is 0 Å². The van der Waals surface area contributed by atoms with Crippen LogP contribution in [0.2, 0.25) is 0 Å². The van der Waals surface area contributed by atoms with Crippen LogP contribution in [0.15, 0.2) is 24.3 Å². The Morgan fingerprint density at radius 3 is 2.72 bits per heavy atom. The summed E-state index contributed by atoms with van der Waals surface area (Å²) < 4.78 is 16.1. The van der Waals surface area contributed by atoms with Crippen LogP contribution < -0.4 is 15.2 Å². The zero-order chi connectivity index (χ0) is 13.2. The maximum Gasteiger partial charge on any atom is 0.122 e. The van der Waals surface area contributed by atoms with Crippen molar-refractivity contribution in [3.05, 3.63) is 24.3 Å². The van der Waals surface area contributed by atoms with Gasteiger partial charge in [0.1, 0.15) is 11.5 Å². The fourth-order valence-electron chi connectivity index (χ4n) is 1.39. The van der Waals surface area contributed by atoms with Gasteiger partial charge < -0.3 is 19.9 Å². The molecule has 0 saturated carbocycles. The predicted molar refractivity (Wildman–Crippen MR) is 72.2 cm³/mol. The zero-order valence-electron chi connectivity index (χ0n) is 11.2. The van der Waals surface area contributed by atoms with Crippen LogP contribution in [0.4, 0.5) is 0 Å². The molecule has 1 unspecified atom stereocenters. The molecule has 0 saturated heterocycles. The van der Waals surface area contributed by atoms with Gasteiger partial charge in [-0.2, -0.15) is 0 Å². The highest BCUT2D eigenvalue weighted by molar-refractivity contribution is 5.32. The average Bonchev–Trinajstić information content (AvgIpc) is 2.42. The second kappa shape index (κ2) is 8.78. The molecule has 4 nitrogen and oxygen atoms in total. The SMILES string of the molecule is CCC(N)COCCCOc1cccc(OC)c1. The lowest BCUT2D eigenvalue weighted by Gasteiger charge is -2.10. The van der Waals surface area contributed by atoms with Crippen LogP contribution in [-0.4, -0.2) is 33.0 Å². The van der Waals surface area contributed by atoms with Crippen molar-refractivity contribution in [1.82, 2.24) is 0 Å². The Hall–Kier alpha value is -1.26. The number of benzene rings is 1. The standard InChI is InChI=1S/C14H23NO3/c1-3-12(15)11-17-8-5-9-18-14-7-4-6-13(10-14)16-2/h4,6-7,10,12H,3,5,8-9,11,15H2,1-2H3. The van der Waals surface area contributed by atoms with Gasteiger partial charge in [0.2, 0.25) is 0 Å². The van der Waals surface area contributed by atoms with Gasteiger partial charge >= 0.3 is 0 Å². The highest BCUT2D eigenvalue weighted by Gasteiger charge is 1.99. The van der Waals surface area contributed by atoms with Crippen molar-refractivity contribution >= 4 is 0 Å². The van der Waals surface area contributed by atoms with Crippen molar-refractivity contribution < 1.29 is 14.2 Å². The van der Waals surface area contributed by atoms with Gasteiger partial charge in [0.05, 0.1) is 20.3 Å². The van der Waals surface area contributed by atoms with E-state index in [1.165, 1.54) is 0 Å². The first-order chi connectivity index (χ1) is 8.76. The van der Waals surface area contributed by atoms with E-state index in [4.69, 9.17) is 19.9 Å². The summed E-state index contributed by atoms with van der Waals surface area (Å²) in [5.74, 6) is 1.62. The normalized spacial score (nSPS) is 12.2. The fraction of sp³-hybridized carbons (Fsp3) is 0.571. The minimum Gasteiger partial charge on any atom is -0.497 e. The monoisotopic (exact) mass is 253 g/mol. The molecule has 18 heavy (non-hydrogen) atoms.